The minimum absolute atomic E-state index is 0.0845. The Morgan fingerprint density at radius 1 is 1.30 bits per heavy atom. The van der Waals surface area contributed by atoms with Gasteiger partial charge >= 0.3 is 0 Å². The van der Waals surface area contributed by atoms with E-state index in [-0.39, 0.29) is 17.9 Å². The van der Waals surface area contributed by atoms with E-state index in [9.17, 15) is 9.59 Å². The Morgan fingerprint density at radius 3 is 2.91 bits per heavy atom. The molecule has 4 atom stereocenters. The molecule has 2 bridgehead atoms. The second-order valence-electron chi connectivity index (χ2n) is 7.21. The van der Waals surface area contributed by atoms with E-state index in [0.29, 0.717) is 17.5 Å². The van der Waals surface area contributed by atoms with Crippen molar-refractivity contribution in [3.8, 4) is 0 Å². The predicted octanol–water partition coefficient (Wildman–Crippen LogP) is 2.90. The zero-order valence-electron chi connectivity index (χ0n) is 13.2. The molecule has 3 aliphatic rings. The first-order chi connectivity index (χ1) is 11.2. The third-order valence-corrected chi connectivity index (χ3v) is 6.55. The van der Waals surface area contributed by atoms with Crippen molar-refractivity contribution < 1.29 is 9.59 Å². The van der Waals surface area contributed by atoms with Crippen LogP contribution in [0.2, 0.25) is 0 Å². The van der Waals surface area contributed by atoms with Crippen LogP contribution < -0.4 is 5.32 Å². The quantitative estimate of drug-likeness (QED) is 0.921. The van der Waals surface area contributed by atoms with Gasteiger partial charge in [-0.3, -0.25) is 9.59 Å². The normalized spacial score (nSPS) is 32.4. The Hall–Kier alpha value is -1.43. The van der Waals surface area contributed by atoms with Crippen LogP contribution in [0.15, 0.2) is 11.6 Å². The van der Waals surface area contributed by atoms with Gasteiger partial charge in [0.15, 0.2) is 5.13 Å². The predicted molar refractivity (Wildman–Crippen MR) is 89.0 cm³/mol. The van der Waals surface area contributed by atoms with Crippen LogP contribution in [-0.2, 0) is 9.59 Å². The summed E-state index contributed by atoms with van der Waals surface area (Å²) in [6.45, 7) is 0.718. The smallest absolute Gasteiger partial charge is 0.248 e. The lowest BCUT2D eigenvalue weighted by atomic mass is 9.86. The molecule has 5 nitrogen and oxygen atoms in total. The van der Waals surface area contributed by atoms with Crippen molar-refractivity contribution in [2.75, 3.05) is 11.9 Å². The van der Waals surface area contributed by atoms with Gasteiger partial charge < -0.3 is 10.2 Å². The summed E-state index contributed by atoms with van der Waals surface area (Å²) in [5.41, 5.74) is 0. The monoisotopic (exact) mass is 333 g/mol. The number of likely N-dealkylation sites (tertiary alicyclic amines) is 1. The molecule has 2 saturated carbocycles. The van der Waals surface area contributed by atoms with Crippen molar-refractivity contribution in [1.82, 2.24) is 9.88 Å². The summed E-state index contributed by atoms with van der Waals surface area (Å²) >= 11 is 1.41. The van der Waals surface area contributed by atoms with Gasteiger partial charge in [-0.15, -0.1) is 11.3 Å². The number of amides is 2. The van der Waals surface area contributed by atoms with Gasteiger partial charge in [0.25, 0.3) is 0 Å². The van der Waals surface area contributed by atoms with Crippen molar-refractivity contribution in [3.63, 3.8) is 0 Å². The van der Waals surface area contributed by atoms with Gasteiger partial charge in [-0.25, -0.2) is 4.98 Å². The van der Waals surface area contributed by atoms with E-state index in [1.165, 1.54) is 37.0 Å². The number of fused-ring (bicyclic) bond motifs is 2. The van der Waals surface area contributed by atoms with E-state index < -0.39 is 0 Å². The molecule has 23 heavy (non-hydrogen) atoms. The molecule has 1 aromatic rings. The average molecular weight is 333 g/mol. The largest absolute Gasteiger partial charge is 0.331 e. The van der Waals surface area contributed by atoms with Crippen molar-refractivity contribution in [2.24, 2.45) is 17.8 Å². The third kappa shape index (κ3) is 3.01. The number of nitrogens with zero attached hydrogens (tertiary/aromatic N) is 2. The lowest BCUT2D eigenvalue weighted by Gasteiger charge is -2.27. The standard InChI is InChI=1S/C17H23N3O2S/c21-15(10-13-9-11-3-4-12(13)8-11)20-6-1-2-14(20)16(22)19-17-18-5-7-23-17/h5,7,11-14H,1-4,6,8-10H2,(H,18,19,22)/t11-,12-,13-,14-/m0/s1. The molecular weight excluding hydrogens is 310 g/mol. The van der Waals surface area contributed by atoms with Crippen LogP contribution in [0.1, 0.15) is 44.9 Å². The number of thiazole rings is 1. The molecule has 1 saturated heterocycles. The Bertz CT molecular complexity index is 589. The summed E-state index contributed by atoms with van der Waals surface area (Å²) in [5, 5.41) is 5.29. The Kier molecular flexibility index (Phi) is 4.09. The molecule has 0 unspecified atom stereocenters. The molecule has 1 aromatic heterocycles. The van der Waals surface area contributed by atoms with E-state index in [0.717, 1.165) is 31.2 Å². The molecule has 1 N–H and O–H groups in total. The Labute approximate surface area is 140 Å². The second kappa shape index (κ2) is 6.23. The zero-order valence-corrected chi connectivity index (χ0v) is 14.1. The molecular formula is C17H23N3O2S. The first kappa shape index (κ1) is 15.1. The van der Waals surface area contributed by atoms with Crippen LogP contribution in [0.25, 0.3) is 0 Å². The number of hydrogen-bond donors (Lipinski definition) is 1. The first-order valence-electron chi connectivity index (χ1n) is 8.70. The summed E-state index contributed by atoms with van der Waals surface area (Å²) < 4.78 is 0. The molecule has 0 radical (unpaired) electrons. The van der Waals surface area contributed by atoms with Gasteiger partial charge in [0, 0.05) is 24.5 Å². The summed E-state index contributed by atoms with van der Waals surface area (Å²) in [7, 11) is 0. The molecule has 0 aromatic carbocycles. The number of rotatable bonds is 4. The number of carbonyl (C=O) groups excluding carboxylic acids is 2. The molecule has 3 fully saturated rings. The van der Waals surface area contributed by atoms with Crippen molar-refractivity contribution in [1.29, 1.82) is 0 Å². The highest BCUT2D eigenvalue weighted by Gasteiger charge is 2.42. The highest BCUT2D eigenvalue weighted by molar-refractivity contribution is 7.13. The van der Waals surface area contributed by atoms with Crippen LogP contribution in [0.5, 0.6) is 0 Å². The van der Waals surface area contributed by atoms with Gasteiger partial charge in [0.2, 0.25) is 11.8 Å². The summed E-state index contributed by atoms with van der Waals surface area (Å²) in [6.07, 6.45) is 9.20. The van der Waals surface area contributed by atoms with Gasteiger partial charge in [0.05, 0.1) is 0 Å². The average Bonchev–Trinajstić information content (AvgIpc) is 3.31. The van der Waals surface area contributed by atoms with Crippen LogP contribution in [0, 0.1) is 17.8 Å². The maximum Gasteiger partial charge on any atom is 0.248 e. The van der Waals surface area contributed by atoms with E-state index in [1.54, 1.807) is 6.20 Å². The van der Waals surface area contributed by atoms with Crippen molar-refractivity contribution >= 4 is 28.3 Å². The number of anilines is 1. The van der Waals surface area contributed by atoms with Gasteiger partial charge in [-0.1, -0.05) is 6.42 Å². The first-order valence-corrected chi connectivity index (χ1v) is 9.58. The van der Waals surface area contributed by atoms with E-state index >= 15 is 0 Å². The highest BCUT2D eigenvalue weighted by Crippen LogP contribution is 2.49. The van der Waals surface area contributed by atoms with Gasteiger partial charge in [-0.2, -0.15) is 0 Å². The van der Waals surface area contributed by atoms with E-state index in [1.807, 2.05) is 10.3 Å². The van der Waals surface area contributed by atoms with Crippen LogP contribution in [-0.4, -0.2) is 34.3 Å². The highest BCUT2D eigenvalue weighted by atomic mass is 32.1. The Balaban J connectivity index is 1.37. The van der Waals surface area contributed by atoms with Gasteiger partial charge in [-0.05, 0) is 49.9 Å². The molecule has 0 spiro atoms. The molecule has 4 rings (SSSR count). The molecule has 2 heterocycles. The number of aromatic nitrogens is 1. The van der Waals surface area contributed by atoms with E-state index in [2.05, 4.69) is 10.3 Å². The number of nitrogens with one attached hydrogen (secondary N) is 1. The zero-order chi connectivity index (χ0) is 15.8. The molecule has 124 valence electrons. The lowest BCUT2D eigenvalue weighted by Crippen LogP contribution is -2.43. The topological polar surface area (TPSA) is 62.3 Å². The fraction of sp³-hybridized carbons (Fsp3) is 0.706. The number of hydrogen-bond acceptors (Lipinski definition) is 4. The fourth-order valence-corrected chi connectivity index (χ4v) is 5.31. The lowest BCUT2D eigenvalue weighted by molar-refractivity contribution is -0.137. The fourth-order valence-electron chi connectivity index (χ4n) is 4.78. The third-order valence-electron chi connectivity index (χ3n) is 5.86. The molecule has 2 aliphatic carbocycles. The minimum atomic E-state index is -0.315. The minimum Gasteiger partial charge on any atom is -0.331 e. The summed E-state index contributed by atoms with van der Waals surface area (Å²) in [5.74, 6) is 2.28. The summed E-state index contributed by atoms with van der Waals surface area (Å²) in [6, 6.07) is -0.315. The number of carbonyl (C=O) groups is 2. The summed E-state index contributed by atoms with van der Waals surface area (Å²) in [4.78, 5) is 31.1. The van der Waals surface area contributed by atoms with Crippen molar-refractivity contribution in [2.45, 2.75) is 51.0 Å². The second-order valence-corrected chi connectivity index (χ2v) is 8.11. The maximum atomic E-state index is 12.7. The van der Waals surface area contributed by atoms with Gasteiger partial charge in [0.1, 0.15) is 6.04 Å². The van der Waals surface area contributed by atoms with Crippen molar-refractivity contribution in [3.05, 3.63) is 11.6 Å². The molecule has 2 amide bonds. The molecule has 6 heteroatoms. The van der Waals surface area contributed by atoms with Crippen LogP contribution in [0.3, 0.4) is 0 Å². The maximum absolute atomic E-state index is 12.7. The van der Waals surface area contributed by atoms with Crippen LogP contribution >= 0.6 is 11.3 Å². The van der Waals surface area contributed by atoms with Crippen LogP contribution in [0.4, 0.5) is 5.13 Å². The SMILES string of the molecule is O=C(Nc1nccs1)[C@@H]1CCCN1C(=O)C[C@@H]1C[C@H]2CC[C@H]1C2. The Morgan fingerprint density at radius 2 is 2.22 bits per heavy atom. The van der Waals surface area contributed by atoms with E-state index in [4.69, 9.17) is 0 Å². The molecule has 1 aliphatic heterocycles.